The van der Waals surface area contributed by atoms with Crippen LogP contribution in [0.4, 0.5) is 4.39 Å². The molecule has 0 unspecified atom stereocenters. The predicted molar refractivity (Wildman–Crippen MR) is 116 cm³/mol. The van der Waals surface area contributed by atoms with Crippen molar-refractivity contribution < 1.29 is 9.18 Å². The van der Waals surface area contributed by atoms with E-state index in [9.17, 15) is 14.0 Å². The first-order valence-corrected chi connectivity index (χ1v) is 9.98. The molecule has 4 rings (SSSR count). The van der Waals surface area contributed by atoms with E-state index < -0.39 is 0 Å². The zero-order valence-electron chi connectivity index (χ0n) is 17.5. The van der Waals surface area contributed by atoms with Crippen molar-refractivity contribution in [3.05, 3.63) is 87.5 Å². The van der Waals surface area contributed by atoms with Gasteiger partial charge in [-0.15, -0.1) is 0 Å². The first kappa shape index (κ1) is 20.5. The van der Waals surface area contributed by atoms with Gasteiger partial charge in [0.05, 0.1) is 40.1 Å². The van der Waals surface area contributed by atoms with Gasteiger partial charge in [-0.05, 0) is 57.2 Å². The Morgan fingerprint density at radius 1 is 1.13 bits per heavy atom. The number of halogens is 1. The fraction of sp³-hybridized carbons (Fsp3) is 0.217. The van der Waals surface area contributed by atoms with Gasteiger partial charge in [0, 0.05) is 6.54 Å². The average Bonchev–Trinajstić information content (AvgIpc) is 3.06. The molecule has 4 aromatic rings. The number of aryl methyl sites for hydroxylation is 1. The summed E-state index contributed by atoms with van der Waals surface area (Å²) in [6.45, 7) is 6.03. The number of rotatable bonds is 5. The average molecular weight is 419 g/mol. The number of aromatic nitrogens is 4. The van der Waals surface area contributed by atoms with Gasteiger partial charge in [0.15, 0.2) is 0 Å². The first-order chi connectivity index (χ1) is 14.9. The minimum atomic E-state index is -0.337. The maximum Gasteiger partial charge on any atom is 0.258 e. The highest BCUT2D eigenvalue weighted by Crippen LogP contribution is 2.21. The smallest absolute Gasteiger partial charge is 0.258 e. The molecule has 1 N–H and O–H groups in total. The summed E-state index contributed by atoms with van der Waals surface area (Å²) in [5, 5.41) is 4.99. The van der Waals surface area contributed by atoms with Gasteiger partial charge < -0.3 is 9.88 Å². The van der Waals surface area contributed by atoms with Crippen LogP contribution in [0.3, 0.4) is 0 Å². The summed E-state index contributed by atoms with van der Waals surface area (Å²) >= 11 is 0. The monoisotopic (exact) mass is 419 g/mol. The molecule has 0 aliphatic carbocycles. The summed E-state index contributed by atoms with van der Waals surface area (Å²) in [5.74, 6) is -0.127. The number of amides is 1. The van der Waals surface area contributed by atoms with E-state index in [0.29, 0.717) is 45.9 Å². The van der Waals surface area contributed by atoms with Crippen molar-refractivity contribution in [3.63, 3.8) is 0 Å². The van der Waals surface area contributed by atoms with E-state index in [1.54, 1.807) is 53.8 Å². The van der Waals surface area contributed by atoms with Crippen LogP contribution in [0.5, 0.6) is 0 Å². The van der Waals surface area contributed by atoms with Crippen molar-refractivity contribution in [3.8, 4) is 5.69 Å². The summed E-state index contributed by atoms with van der Waals surface area (Å²) in [6.07, 6.45) is 0. The van der Waals surface area contributed by atoms with E-state index in [1.165, 1.54) is 12.1 Å². The summed E-state index contributed by atoms with van der Waals surface area (Å²) in [6, 6.07) is 13.0. The third-order valence-corrected chi connectivity index (χ3v) is 5.25. The number of carbonyl (C=O) groups is 1. The summed E-state index contributed by atoms with van der Waals surface area (Å²) < 4.78 is 14.9. The minimum Gasteiger partial charge on any atom is -0.331 e. The Bertz CT molecular complexity index is 1320. The number of hydrogen-bond donors (Lipinski definition) is 1. The molecule has 0 saturated heterocycles. The van der Waals surface area contributed by atoms with E-state index >= 15 is 0 Å². The van der Waals surface area contributed by atoms with E-state index in [-0.39, 0.29) is 23.8 Å². The number of carbonyl (C=O) groups excluding carboxylic acids is 1. The Balaban J connectivity index is 1.67. The topological polar surface area (TPSA) is 83.9 Å². The third-order valence-electron chi connectivity index (χ3n) is 5.25. The number of hydrogen-bond acceptors (Lipinski definition) is 4. The number of fused-ring (bicyclic) bond motifs is 1. The van der Waals surface area contributed by atoms with Gasteiger partial charge in [-0.3, -0.25) is 9.59 Å². The van der Waals surface area contributed by atoms with E-state index in [4.69, 9.17) is 0 Å². The molecule has 2 aromatic carbocycles. The van der Waals surface area contributed by atoms with Gasteiger partial charge in [0.1, 0.15) is 11.6 Å². The normalized spacial score (nSPS) is 11.1. The van der Waals surface area contributed by atoms with Crippen LogP contribution in [0, 0.1) is 19.7 Å². The summed E-state index contributed by atoms with van der Waals surface area (Å²) in [4.78, 5) is 34.6. The highest BCUT2D eigenvalue weighted by molar-refractivity contribution is 5.96. The second-order valence-corrected chi connectivity index (χ2v) is 7.28. The molecule has 0 atom stereocenters. The molecule has 0 saturated carbocycles. The molecule has 1 amide bonds. The van der Waals surface area contributed by atoms with Crippen LogP contribution in [-0.4, -0.2) is 37.1 Å². The van der Waals surface area contributed by atoms with Crippen LogP contribution in [-0.2, 0) is 6.54 Å². The van der Waals surface area contributed by atoms with Gasteiger partial charge in [-0.25, -0.2) is 14.1 Å². The third kappa shape index (κ3) is 3.84. The number of nitrogens with one attached hydrogen (secondary N) is 1. The zero-order chi connectivity index (χ0) is 22.1. The highest BCUT2D eigenvalue weighted by atomic mass is 19.1. The lowest BCUT2D eigenvalue weighted by Gasteiger charge is -2.20. The number of aromatic amines is 1. The van der Waals surface area contributed by atoms with Crippen molar-refractivity contribution >= 4 is 16.8 Å². The Morgan fingerprint density at radius 3 is 2.55 bits per heavy atom. The molecule has 0 aliphatic heterocycles. The lowest BCUT2D eigenvalue weighted by Crippen LogP contribution is -2.32. The maximum atomic E-state index is 13.4. The van der Waals surface area contributed by atoms with Crippen molar-refractivity contribution in [2.45, 2.75) is 27.3 Å². The van der Waals surface area contributed by atoms with Gasteiger partial charge in [0.25, 0.3) is 11.5 Å². The molecule has 158 valence electrons. The van der Waals surface area contributed by atoms with Gasteiger partial charge in [0.2, 0.25) is 0 Å². The van der Waals surface area contributed by atoms with E-state index in [0.717, 1.165) is 0 Å². The zero-order valence-corrected chi connectivity index (χ0v) is 17.5. The fourth-order valence-corrected chi connectivity index (χ4v) is 3.66. The molecule has 0 spiro atoms. The number of benzene rings is 2. The second kappa shape index (κ2) is 8.14. The summed E-state index contributed by atoms with van der Waals surface area (Å²) in [5.41, 5.74) is 2.73. The fourth-order valence-electron chi connectivity index (χ4n) is 3.66. The van der Waals surface area contributed by atoms with Crippen LogP contribution in [0.15, 0.2) is 53.3 Å². The summed E-state index contributed by atoms with van der Waals surface area (Å²) in [7, 11) is 0. The Kier molecular flexibility index (Phi) is 5.37. The van der Waals surface area contributed by atoms with Crippen LogP contribution >= 0.6 is 0 Å². The molecule has 2 aromatic heterocycles. The quantitative estimate of drug-likeness (QED) is 0.536. The minimum absolute atomic E-state index is 0.163. The Hall–Kier alpha value is -3.81. The lowest BCUT2D eigenvalue weighted by atomic mass is 10.1. The number of nitrogens with zero attached hydrogens (tertiary/aromatic N) is 4. The molecule has 0 aliphatic rings. The van der Waals surface area contributed by atoms with Gasteiger partial charge in [-0.1, -0.05) is 12.1 Å². The van der Waals surface area contributed by atoms with Gasteiger partial charge in [-0.2, -0.15) is 5.10 Å². The number of H-pyrrole nitrogens is 1. The predicted octanol–water partition coefficient (Wildman–Crippen LogP) is 3.53. The van der Waals surface area contributed by atoms with Crippen molar-refractivity contribution in [1.29, 1.82) is 0 Å². The van der Waals surface area contributed by atoms with Crippen LogP contribution in [0.2, 0.25) is 0 Å². The lowest BCUT2D eigenvalue weighted by molar-refractivity contribution is 0.0747. The molecular formula is C23H22FN5O2. The SMILES string of the molecule is CCN(Cc1nc2ccccc2c(=O)[nH]1)C(=O)c1c(C)nn(-c2ccc(F)cc2)c1C. The van der Waals surface area contributed by atoms with Crippen LogP contribution in [0.1, 0.15) is 34.5 Å². The molecule has 0 radical (unpaired) electrons. The van der Waals surface area contributed by atoms with E-state index in [2.05, 4.69) is 15.1 Å². The molecule has 31 heavy (non-hydrogen) atoms. The Morgan fingerprint density at radius 2 is 1.84 bits per heavy atom. The number of para-hydroxylation sites is 1. The van der Waals surface area contributed by atoms with Gasteiger partial charge >= 0.3 is 0 Å². The van der Waals surface area contributed by atoms with Crippen molar-refractivity contribution in [2.24, 2.45) is 0 Å². The van der Waals surface area contributed by atoms with Crippen LogP contribution in [0.25, 0.3) is 16.6 Å². The molecule has 2 heterocycles. The molecule has 8 heteroatoms. The van der Waals surface area contributed by atoms with Crippen LogP contribution < -0.4 is 5.56 Å². The maximum absolute atomic E-state index is 13.4. The second-order valence-electron chi connectivity index (χ2n) is 7.28. The molecule has 7 nitrogen and oxygen atoms in total. The highest BCUT2D eigenvalue weighted by Gasteiger charge is 2.24. The van der Waals surface area contributed by atoms with Crippen molar-refractivity contribution in [1.82, 2.24) is 24.6 Å². The largest absolute Gasteiger partial charge is 0.331 e. The standard InChI is InChI=1S/C23H22FN5O2/c1-4-28(13-20-25-19-8-6-5-7-18(19)22(30)26-20)23(31)21-14(2)27-29(15(21)3)17-11-9-16(24)10-12-17/h5-12H,4,13H2,1-3H3,(H,25,26,30). The Labute approximate surface area is 178 Å². The molecule has 0 fully saturated rings. The molecular weight excluding hydrogens is 397 g/mol. The first-order valence-electron chi connectivity index (χ1n) is 9.98. The van der Waals surface area contributed by atoms with E-state index in [1.807, 2.05) is 13.0 Å². The molecule has 0 bridgehead atoms. The van der Waals surface area contributed by atoms with Crippen molar-refractivity contribution in [2.75, 3.05) is 6.54 Å².